The number of aromatic nitrogens is 1. The van der Waals surface area contributed by atoms with Crippen LogP contribution < -0.4 is 5.32 Å². The predicted octanol–water partition coefficient (Wildman–Crippen LogP) is 2.10. The number of pyridine rings is 1. The van der Waals surface area contributed by atoms with Crippen molar-refractivity contribution in [2.24, 2.45) is 0 Å². The lowest BCUT2D eigenvalue weighted by molar-refractivity contribution is -0.139. The first-order valence-electron chi connectivity index (χ1n) is 7.71. The topological polar surface area (TPSA) is 45.2 Å². The van der Waals surface area contributed by atoms with Crippen molar-refractivity contribution in [2.45, 2.75) is 57.2 Å². The molecule has 1 aromatic rings. The smallest absolute Gasteiger partial charge is 0.243 e. The van der Waals surface area contributed by atoms with E-state index in [4.69, 9.17) is 0 Å². The van der Waals surface area contributed by atoms with E-state index in [2.05, 4.69) is 22.1 Å². The molecule has 2 aliphatic rings. The highest BCUT2D eigenvalue weighted by Crippen LogP contribution is 2.33. The summed E-state index contributed by atoms with van der Waals surface area (Å²) < 4.78 is 0. The van der Waals surface area contributed by atoms with Crippen molar-refractivity contribution in [3.8, 4) is 0 Å². The number of carbonyl (C=O) groups is 1. The van der Waals surface area contributed by atoms with Gasteiger partial charge in [-0.1, -0.05) is 13.0 Å². The average Bonchev–Trinajstić information content (AvgIpc) is 3.22. The third-order valence-corrected chi connectivity index (χ3v) is 4.56. The molecule has 108 valence electrons. The summed E-state index contributed by atoms with van der Waals surface area (Å²) in [7, 11) is 0. The van der Waals surface area contributed by atoms with Gasteiger partial charge in [0.1, 0.15) is 0 Å². The molecule has 1 atom stereocenters. The second-order valence-electron chi connectivity index (χ2n) is 5.95. The molecule has 1 amide bonds. The molecule has 4 nitrogen and oxygen atoms in total. The number of nitrogens with one attached hydrogen (secondary N) is 1. The summed E-state index contributed by atoms with van der Waals surface area (Å²) >= 11 is 0. The van der Waals surface area contributed by atoms with Crippen LogP contribution >= 0.6 is 0 Å². The van der Waals surface area contributed by atoms with Gasteiger partial charge in [-0.25, -0.2) is 0 Å². The molecule has 4 heteroatoms. The summed E-state index contributed by atoms with van der Waals surface area (Å²) in [5.74, 6) is 0.283. The minimum atomic E-state index is -0.322. The van der Waals surface area contributed by atoms with Crippen LogP contribution in [0.1, 0.15) is 44.7 Å². The molecule has 1 N–H and O–H groups in total. The Morgan fingerprint density at radius 2 is 2.35 bits per heavy atom. The molecule has 2 fully saturated rings. The summed E-state index contributed by atoms with van der Waals surface area (Å²) in [6.45, 7) is 3.72. The molecule has 1 saturated carbocycles. The third-order valence-electron chi connectivity index (χ3n) is 4.56. The zero-order chi connectivity index (χ0) is 14.0. The van der Waals surface area contributed by atoms with Crippen molar-refractivity contribution in [3.05, 3.63) is 30.1 Å². The van der Waals surface area contributed by atoms with Gasteiger partial charge in [-0.05, 0) is 50.8 Å². The Hall–Kier alpha value is -1.42. The third kappa shape index (κ3) is 2.57. The fourth-order valence-corrected chi connectivity index (χ4v) is 3.14. The Bertz CT molecular complexity index is 464. The van der Waals surface area contributed by atoms with Gasteiger partial charge in [0.25, 0.3) is 0 Å². The maximum Gasteiger partial charge on any atom is 0.243 e. The Balaban J connectivity index is 1.78. The molecular weight excluding hydrogens is 250 g/mol. The predicted molar refractivity (Wildman–Crippen MR) is 78.1 cm³/mol. The molecule has 0 bridgehead atoms. The first-order valence-corrected chi connectivity index (χ1v) is 7.71. The van der Waals surface area contributed by atoms with Gasteiger partial charge in [0.15, 0.2) is 0 Å². The van der Waals surface area contributed by atoms with Crippen molar-refractivity contribution < 1.29 is 4.79 Å². The molecule has 0 radical (unpaired) electrons. The average molecular weight is 273 g/mol. The lowest BCUT2D eigenvalue weighted by Gasteiger charge is -2.34. The zero-order valence-corrected chi connectivity index (χ0v) is 12.1. The fraction of sp³-hybridized carbons (Fsp3) is 0.625. The standard InChI is InChI=1S/C16H23N3O/c1-2-16(9-5-11-18-16)15(20)19(14-7-8-14)12-13-6-3-4-10-17-13/h3-4,6,10,14,18H,2,5,7-9,11-12H2,1H3. The van der Waals surface area contributed by atoms with E-state index in [0.29, 0.717) is 12.6 Å². The molecule has 1 aromatic heterocycles. The van der Waals surface area contributed by atoms with E-state index in [1.165, 1.54) is 0 Å². The molecule has 3 rings (SSSR count). The van der Waals surface area contributed by atoms with Crippen LogP contribution in [0.15, 0.2) is 24.4 Å². The molecule has 1 aliphatic heterocycles. The summed E-state index contributed by atoms with van der Waals surface area (Å²) in [6.07, 6.45) is 7.01. The maximum absolute atomic E-state index is 13.0. The summed E-state index contributed by atoms with van der Waals surface area (Å²) in [6, 6.07) is 6.33. The Labute approximate surface area is 120 Å². The summed E-state index contributed by atoms with van der Waals surface area (Å²) in [5, 5.41) is 3.46. The zero-order valence-electron chi connectivity index (χ0n) is 12.1. The largest absolute Gasteiger partial charge is 0.332 e. The summed E-state index contributed by atoms with van der Waals surface area (Å²) in [4.78, 5) is 19.5. The van der Waals surface area contributed by atoms with E-state index in [1.54, 1.807) is 6.20 Å². The van der Waals surface area contributed by atoms with Crippen LogP contribution in [0.25, 0.3) is 0 Å². The number of rotatable bonds is 5. The van der Waals surface area contributed by atoms with Crippen molar-refractivity contribution >= 4 is 5.91 Å². The van der Waals surface area contributed by atoms with Gasteiger partial charge < -0.3 is 10.2 Å². The van der Waals surface area contributed by atoms with Crippen LogP contribution in [0.4, 0.5) is 0 Å². The van der Waals surface area contributed by atoms with E-state index in [9.17, 15) is 4.79 Å². The Morgan fingerprint density at radius 3 is 2.90 bits per heavy atom. The van der Waals surface area contributed by atoms with Gasteiger partial charge >= 0.3 is 0 Å². The molecule has 1 unspecified atom stereocenters. The van der Waals surface area contributed by atoms with Crippen molar-refractivity contribution in [3.63, 3.8) is 0 Å². The highest BCUT2D eigenvalue weighted by Gasteiger charge is 2.45. The fourth-order valence-electron chi connectivity index (χ4n) is 3.14. The molecule has 0 aromatic carbocycles. The number of hydrogen-bond donors (Lipinski definition) is 1. The molecule has 2 heterocycles. The molecule has 1 aliphatic carbocycles. The van der Waals surface area contributed by atoms with Gasteiger partial charge in [0.2, 0.25) is 5.91 Å². The van der Waals surface area contributed by atoms with E-state index in [1.807, 2.05) is 18.2 Å². The van der Waals surface area contributed by atoms with Crippen LogP contribution in [-0.4, -0.2) is 33.9 Å². The van der Waals surface area contributed by atoms with Crippen LogP contribution in [0, 0.1) is 0 Å². The SMILES string of the molecule is CCC1(C(=O)N(Cc2ccccn2)C2CC2)CCCN1. The highest BCUT2D eigenvalue weighted by atomic mass is 16.2. The Kier molecular flexibility index (Phi) is 3.74. The van der Waals surface area contributed by atoms with E-state index in [-0.39, 0.29) is 11.4 Å². The first kappa shape index (κ1) is 13.6. The van der Waals surface area contributed by atoms with Gasteiger partial charge in [-0.15, -0.1) is 0 Å². The quantitative estimate of drug-likeness (QED) is 0.893. The van der Waals surface area contributed by atoms with Crippen molar-refractivity contribution in [2.75, 3.05) is 6.54 Å². The monoisotopic (exact) mass is 273 g/mol. The molecule has 1 saturated heterocycles. The van der Waals surface area contributed by atoms with Crippen molar-refractivity contribution in [1.29, 1.82) is 0 Å². The van der Waals surface area contributed by atoms with Gasteiger partial charge in [0, 0.05) is 12.2 Å². The van der Waals surface area contributed by atoms with Gasteiger partial charge in [-0.2, -0.15) is 0 Å². The number of amides is 1. The van der Waals surface area contributed by atoms with Crippen LogP contribution in [-0.2, 0) is 11.3 Å². The maximum atomic E-state index is 13.0. The lowest BCUT2D eigenvalue weighted by Crippen LogP contribution is -2.55. The number of hydrogen-bond acceptors (Lipinski definition) is 3. The number of carbonyl (C=O) groups excluding carboxylic acids is 1. The van der Waals surface area contributed by atoms with Crippen LogP contribution in [0.5, 0.6) is 0 Å². The van der Waals surface area contributed by atoms with Gasteiger partial charge in [-0.3, -0.25) is 9.78 Å². The second-order valence-corrected chi connectivity index (χ2v) is 5.95. The normalized spacial score (nSPS) is 25.6. The summed E-state index contributed by atoms with van der Waals surface area (Å²) in [5.41, 5.74) is 0.661. The van der Waals surface area contributed by atoms with Crippen LogP contribution in [0.2, 0.25) is 0 Å². The van der Waals surface area contributed by atoms with E-state index in [0.717, 1.165) is 44.3 Å². The second kappa shape index (κ2) is 5.52. The molecule has 0 spiro atoms. The number of nitrogens with zero attached hydrogens (tertiary/aromatic N) is 2. The van der Waals surface area contributed by atoms with Gasteiger partial charge in [0.05, 0.1) is 17.8 Å². The van der Waals surface area contributed by atoms with Crippen molar-refractivity contribution in [1.82, 2.24) is 15.2 Å². The minimum absolute atomic E-state index is 0.283. The van der Waals surface area contributed by atoms with E-state index >= 15 is 0 Å². The van der Waals surface area contributed by atoms with E-state index < -0.39 is 0 Å². The minimum Gasteiger partial charge on any atom is -0.332 e. The first-order chi connectivity index (χ1) is 9.75. The molecular formula is C16H23N3O. The van der Waals surface area contributed by atoms with Crippen LogP contribution in [0.3, 0.4) is 0 Å². The Morgan fingerprint density at radius 1 is 1.50 bits per heavy atom. The highest BCUT2D eigenvalue weighted by molar-refractivity contribution is 5.87. The lowest BCUT2D eigenvalue weighted by atomic mass is 9.92. The molecule has 20 heavy (non-hydrogen) atoms.